The van der Waals surface area contributed by atoms with Crippen LogP contribution in [0.5, 0.6) is 0 Å². The van der Waals surface area contributed by atoms with Crippen molar-refractivity contribution in [2.75, 3.05) is 0 Å². The molecule has 1 aromatic heterocycles. The third-order valence-corrected chi connectivity index (χ3v) is 12.6. The Bertz CT molecular complexity index is 3370. The summed E-state index contributed by atoms with van der Waals surface area (Å²) in [5.41, 5.74) is 14.6. The highest BCUT2D eigenvalue weighted by Crippen LogP contribution is 2.54. The van der Waals surface area contributed by atoms with E-state index in [4.69, 9.17) is 4.42 Å². The van der Waals surface area contributed by atoms with Gasteiger partial charge in [0.1, 0.15) is 11.2 Å². The maximum Gasteiger partial charge on any atom is 0.136 e. The molecule has 1 nitrogen and oxygen atoms in total. The van der Waals surface area contributed by atoms with E-state index in [1.807, 2.05) is 0 Å². The first-order valence-electron chi connectivity index (χ1n) is 19.6. The van der Waals surface area contributed by atoms with Crippen LogP contribution in [0.3, 0.4) is 0 Å². The first-order valence-corrected chi connectivity index (χ1v) is 19.6. The van der Waals surface area contributed by atoms with E-state index in [1.165, 1.54) is 109 Å². The summed E-state index contributed by atoms with van der Waals surface area (Å²) < 4.78 is 6.37. The van der Waals surface area contributed by atoms with E-state index in [0.717, 1.165) is 11.2 Å². The lowest BCUT2D eigenvalue weighted by atomic mass is 9.81. The summed E-state index contributed by atoms with van der Waals surface area (Å²) in [6.45, 7) is 4.75. The topological polar surface area (TPSA) is 13.1 Å². The molecule has 1 heterocycles. The van der Waals surface area contributed by atoms with Gasteiger partial charge in [-0.25, -0.2) is 0 Å². The molecule has 0 N–H and O–H groups in total. The van der Waals surface area contributed by atoms with Gasteiger partial charge in [-0.05, 0) is 118 Å². The maximum absolute atomic E-state index is 6.37. The predicted molar refractivity (Wildman–Crippen MR) is 238 cm³/mol. The highest BCUT2D eigenvalue weighted by Gasteiger charge is 2.37. The maximum atomic E-state index is 6.37. The molecule has 0 spiro atoms. The standard InChI is InChI=1S/C55H36O/c1-55(2)46-29-26-36-27-30-49-54(45-17-9-10-18-48(45)56-49)52(36)53(46)44-28-25-38(32-47(44)55)34-19-22-35(23-20-34)50-40-13-5-7-15-42(40)51(43-16-8-6-14-41(43)50)39-24-21-33-11-3-4-12-37(33)31-39/h3-32H,1-2H3. The number of furan rings is 1. The fourth-order valence-electron chi connectivity index (χ4n) is 9.96. The zero-order valence-corrected chi connectivity index (χ0v) is 31.2. The molecule has 0 saturated carbocycles. The summed E-state index contributed by atoms with van der Waals surface area (Å²) in [5.74, 6) is 0. The lowest BCUT2D eigenvalue weighted by Crippen LogP contribution is -2.15. The van der Waals surface area contributed by atoms with Crippen LogP contribution in [0, 0.1) is 0 Å². The van der Waals surface area contributed by atoms with Crippen LogP contribution in [0.15, 0.2) is 186 Å². The molecule has 11 aromatic rings. The number of rotatable bonds is 3. The Balaban J connectivity index is 0.996. The Morgan fingerprint density at radius 3 is 1.62 bits per heavy atom. The summed E-state index contributed by atoms with van der Waals surface area (Å²) in [7, 11) is 0. The minimum absolute atomic E-state index is 0.152. The average Bonchev–Trinajstić information content (AvgIpc) is 3.74. The van der Waals surface area contributed by atoms with Crippen molar-refractivity contribution in [3.8, 4) is 44.5 Å². The van der Waals surface area contributed by atoms with Crippen LogP contribution in [0.2, 0.25) is 0 Å². The minimum Gasteiger partial charge on any atom is -0.456 e. The van der Waals surface area contributed by atoms with Crippen LogP contribution >= 0.6 is 0 Å². The number of hydrogen-bond acceptors (Lipinski definition) is 1. The zero-order valence-electron chi connectivity index (χ0n) is 31.2. The van der Waals surface area contributed by atoms with Gasteiger partial charge >= 0.3 is 0 Å². The lowest BCUT2D eigenvalue weighted by molar-refractivity contribution is 0.661. The Morgan fingerprint density at radius 2 is 0.893 bits per heavy atom. The van der Waals surface area contributed by atoms with Crippen LogP contribution in [0.4, 0.5) is 0 Å². The average molecular weight is 713 g/mol. The van der Waals surface area contributed by atoms with Crippen LogP contribution in [0.1, 0.15) is 25.0 Å². The third-order valence-electron chi connectivity index (χ3n) is 12.6. The molecular formula is C55H36O. The Labute approximate surface area is 325 Å². The number of benzene rings is 10. The fourth-order valence-corrected chi connectivity index (χ4v) is 9.96. The highest BCUT2D eigenvalue weighted by atomic mass is 16.3. The number of fused-ring (bicyclic) bond motifs is 12. The highest BCUT2D eigenvalue weighted by molar-refractivity contribution is 6.24. The molecule has 0 saturated heterocycles. The lowest BCUT2D eigenvalue weighted by Gasteiger charge is -2.22. The van der Waals surface area contributed by atoms with E-state index in [9.17, 15) is 0 Å². The van der Waals surface area contributed by atoms with Gasteiger partial charge in [0, 0.05) is 21.6 Å². The van der Waals surface area contributed by atoms with E-state index in [-0.39, 0.29) is 5.41 Å². The van der Waals surface area contributed by atoms with Gasteiger partial charge in [0.15, 0.2) is 0 Å². The van der Waals surface area contributed by atoms with Crippen molar-refractivity contribution in [3.05, 3.63) is 193 Å². The van der Waals surface area contributed by atoms with Crippen LogP contribution in [-0.2, 0) is 5.41 Å². The van der Waals surface area contributed by atoms with Crippen molar-refractivity contribution in [2.24, 2.45) is 0 Å². The predicted octanol–water partition coefficient (Wildman–Crippen LogP) is 15.5. The third kappa shape index (κ3) is 4.37. The largest absolute Gasteiger partial charge is 0.456 e. The second-order valence-electron chi connectivity index (χ2n) is 16.0. The molecule has 0 radical (unpaired) electrons. The van der Waals surface area contributed by atoms with Crippen molar-refractivity contribution < 1.29 is 4.42 Å². The van der Waals surface area contributed by atoms with Gasteiger partial charge in [-0.3, -0.25) is 0 Å². The molecule has 12 rings (SSSR count). The van der Waals surface area contributed by atoms with Gasteiger partial charge in [0.25, 0.3) is 0 Å². The Hall–Kier alpha value is -6.96. The van der Waals surface area contributed by atoms with Gasteiger partial charge in [0.2, 0.25) is 0 Å². The minimum atomic E-state index is -0.152. The first-order chi connectivity index (χ1) is 27.5. The van der Waals surface area contributed by atoms with E-state index in [2.05, 4.69) is 196 Å². The Kier molecular flexibility index (Phi) is 6.46. The van der Waals surface area contributed by atoms with Gasteiger partial charge in [-0.1, -0.05) is 172 Å². The zero-order chi connectivity index (χ0) is 37.1. The molecule has 1 heteroatoms. The van der Waals surface area contributed by atoms with Crippen molar-refractivity contribution >= 4 is 65.0 Å². The van der Waals surface area contributed by atoms with Gasteiger partial charge in [0.05, 0.1) is 0 Å². The molecular weight excluding hydrogens is 677 g/mol. The molecule has 0 amide bonds. The van der Waals surface area contributed by atoms with Crippen molar-refractivity contribution in [3.63, 3.8) is 0 Å². The molecule has 1 aliphatic carbocycles. The second-order valence-corrected chi connectivity index (χ2v) is 16.0. The van der Waals surface area contributed by atoms with Crippen LogP contribution in [-0.4, -0.2) is 0 Å². The van der Waals surface area contributed by atoms with E-state index < -0.39 is 0 Å². The smallest absolute Gasteiger partial charge is 0.136 e. The molecule has 56 heavy (non-hydrogen) atoms. The number of para-hydroxylation sites is 1. The fraction of sp³-hybridized carbons (Fsp3) is 0.0545. The summed E-state index contributed by atoms with van der Waals surface area (Å²) in [4.78, 5) is 0. The van der Waals surface area contributed by atoms with E-state index >= 15 is 0 Å². The van der Waals surface area contributed by atoms with Crippen molar-refractivity contribution in [2.45, 2.75) is 19.3 Å². The molecule has 0 unspecified atom stereocenters. The first kappa shape index (κ1) is 31.4. The molecule has 0 bridgehead atoms. The van der Waals surface area contributed by atoms with E-state index in [1.54, 1.807) is 0 Å². The van der Waals surface area contributed by atoms with Gasteiger partial charge < -0.3 is 4.42 Å². The normalized spacial score (nSPS) is 13.3. The van der Waals surface area contributed by atoms with Crippen molar-refractivity contribution in [1.82, 2.24) is 0 Å². The quantitative estimate of drug-likeness (QED) is 0.166. The molecule has 0 aliphatic heterocycles. The van der Waals surface area contributed by atoms with Crippen LogP contribution in [0.25, 0.3) is 110 Å². The number of hydrogen-bond donors (Lipinski definition) is 0. The second kappa shape index (κ2) is 11.5. The van der Waals surface area contributed by atoms with Crippen LogP contribution < -0.4 is 0 Å². The monoisotopic (exact) mass is 712 g/mol. The summed E-state index contributed by atoms with van der Waals surface area (Å²) in [6, 6.07) is 67.1. The molecule has 0 fully saturated rings. The molecule has 0 atom stereocenters. The van der Waals surface area contributed by atoms with Gasteiger partial charge in [-0.15, -0.1) is 0 Å². The van der Waals surface area contributed by atoms with Gasteiger partial charge in [-0.2, -0.15) is 0 Å². The van der Waals surface area contributed by atoms with Crippen molar-refractivity contribution in [1.29, 1.82) is 0 Å². The molecule has 1 aliphatic rings. The summed E-state index contributed by atoms with van der Waals surface area (Å²) in [6.07, 6.45) is 0. The van der Waals surface area contributed by atoms with E-state index in [0.29, 0.717) is 0 Å². The summed E-state index contributed by atoms with van der Waals surface area (Å²) >= 11 is 0. The Morgan fingerprint density at radius 1 is 0.339 bits per heavy atom. The SMILES string of the molecule is CC1(C)c2cc(-c3ccc(-c4c5ccccc5c(-c5ccc6ccccc6c5)c5ccccc45)cc3)ccc2-c2c1ccc1ccc3oc4ccccc4c3c21. The summed E-state index contributed by atoms with van der Waals surface area (Å²) in [5, 5.41) is 12.5. The molecule has 10 aromatic carbocycles. The molecule has 262 valence electrons.